The average molecular weight is 304 g/mol. The van der Waals surface area contributed by atoms with E-state index in [1.807, 2.05) is 0 Å². The van der Waals surface area contributed by atoms with Gasteiger partial charge in [-0.1, -0.05) is 15.9 Å². The van der Waals surface area contributed by atoms with Crippen LogP contribution in [0.1, 0.15) is 22.3 Å². The van der Waals surface area contributed by atoms with E-state index in [0.717, 1.165) is 0 Å². The highest BCUT2D eigenvalue weighted by Crippen LogP contribution is 2.22. The minimum Gasteiger partial charge on any atom is -0.481 e. The number of hydrogen-bond acceptors (Lipinski definition) is 2. The summed E-state index contributed by atoms with van der Waals surface area (Å²) in [6.45, 7) is 1.58. The molecule has 0 spiro atoms. The second kappa shape index (κ2) is 5.77. The Labute approximate surface area is 106 Å². The van der Waals surface area contributed by atoms with Crippen molar-refractivity contribution >= 4 is 27.8 Å². The summed E-state index contributed by atoms with van der Waals surface area (Å²) in [6.07, 6.45) is -0.194. The van der Waals surface area contributed by atoms with Gasteiger partial charge in [0.1, 0.15) is 5.82 Å². The van der Waals surface area contributed by atoms with Gasteiger partial charge in [0.2, 0.25) is 0 Å². The minimum absolute atomic E-state index is 0.0282. The number of carboxylic acids is 1. The van der Waals surface area contributed by atoms with Crippen LogP contribution in [0.4, 0.5) is 4.39 Å². The molecule has 0 radical (unpaired) electrons. The number of carbonyl (C=O) groups is 2. The Balaban J connectivity index is 2.82. The summed E-state index contributed by atoms with van der Waals surface area (Å²) >= 11 is 3.20. The first kappa shape index (κ1) is 13.6. The van der Waals surface area contributed by atoms with E-state index in [1.54, 1.807) is 6.92 Å². The van der Waals surface area contributed by atoms with Crippen LogP contribution in [0.25, 0.3) is 0 Å². The predicted octanol–water partition coefficient (Wildman–Crippen LogP) is 2.10. The van der Waals surface area contributed by atoms with Crippen LogP contribution in [0.3, 0.4) is 0 Å². The summed E-state index contributed by atoms with van der Waals surface area (Å²) in [7, 11) is 0. The number of carbonyl (C=O) groups excluding carboxylic acids is 1. The molecule has 0 unspecified atom stereocenters. The minimum atomic E-state index is -1.02. The quantitative estimate of drug-likeness (QED) is 0.895. The lowest BCUT2D eigenvalue weighted by atomic mass is 10.1. The maximum absolute atomic E-state index is 13.5. The van der Waals surface area contributed by atoms with Crippen molar-refractivity contribution in [1.29, 1.82) is 0 Å². The van der Waals surface area contributed by atoms with Crippen LogP contribution < -0.4 is 5.32 Å². The lowest BCUT2D eigenvalue weighted by Gasteiger charge is -2.09. The molecule has 0 fully saturated rings. The van der Waals surface area contributed by atoms with Crippen molar-refractivity contribution in [1.82, 2.24) is 5.32 Å². The van der Waals surface area contributed by atoms with E-state index in [0.29, 0.717) is 10.0 Å². The SMILES string of the molecule is Cc1c(Br)ccc(F)c1C(=O)NCCC(=O)O. The smallest absolute Gasteiger partial charge is 0.305 e. The highest BCUT2D eigenvalue weighted by Gasteiger charge is 2.16. The molecule has 1 aromatic carbocycles. The number of aliphatic carboxylic acids is 1. The van der Waals surface area contributed by atoms with Gasteiger partial charge >= 0.3 is 5.97 Å². The Kier molecular flexibility index (Phi) is 4.62. The Morgan fingerprint density at radius 2 is 2.12 bits per heavy atom. The molecule has 0 aliphatic rings. The van der Waals surface area contributed by atoms with E-state index >= 15 is 0 Å². The third-order valence-corrected chi connectivity index (χ3v) is 3.06. The molecule has 2 N–H and O–H groups in total. The van der Waals surface area contributed by atoms with E-state index in [4.69, 9.17) is 5.11 Å². The molecule has 0 atom stereocenters. The standard InChI is InChI=1S/C11H11BrFNO3/c1-6-7(12)2-3-8(13)10(6)11(17)14-5-4-9(15)16/h2-3H,4-5H2,1H3,(H,14,17)(H,15,16). The molecular weight excluding hydrogens is 293 g/mol. The van der Waals surface area contributed by atoms with Gasteiger partial charge in [0, 0.05) is 11.0 Å². The molecule has 17 heavy (non-hydrogen) atoms. The van der Waals surface area contributed by atoms with Crippen LogP contribution >= 0.6 is 15.9 Å². The molecular formula is C11H11BrFNO3. The zero-order chi connectivity index (χ0) is 13.0. The van der Waals surface area contributed by atoms with Crippen molar-refractivity contribution in [3.05, 3.63) is 33.5 Å². The Bertz CT molecular complexity index is 462. The topological polar surface area (TPSA) is 66.4 Å². The van der Waals surface area contributed by atoms with Gasteiger partial charge in [0.15, 0.2) is 0 Å². The number of benzene rings is 1. The van der Waals surface area contributed by atoms with Gasteiger partial charge in [-0.05, 0) is 24.6 Å². The number of hydrogen-bond donors (Lipinski definition) is 2. The van der Waals surface area contributed by atoms with Crippen molar-refractivity contribution in [2.75, 3.05) is 6.54 Å². The lowest BCUT2D eigenvalue weighted by Crippen LogP contribution is -2.27. The fraction of sp³-hybridized carbons (Fsp3) is 0.273. The zero-order valence-electron chi connectivity index (χ0n) is 9.09. The van der Waals surface area contributed by atoms with Gasteiger partial charge in [0.25, 0.3) is 5.91 Å². The second-order valence-electron chi connectivity index (χ2n) is 3.43. The van der Waals surface area contributed by atoms with Crippen LogP contribution in [0.2, 0.25) is 0 Å². The summed E-state index contributed by atoms with van der Waals surface area (Å²) in [4.78, 5) is 21.9. The molecule has 0 saturated carbocycles. The number of carboxylic acid groups (broad SMARTS) is 1. The van der Waals surface area contributed by atoms with Gasteiger partial charge in [-0.15, -0.1) is 0 Å². The third kappa shape index (κ3) is 3.52. The summed E-state index contributed by atoms with van der Waals surface area (Å²) in [5.41, 5.74) is 0.419. The average Bonchev–Trinajstić information content (AvgIpc) is 2.23. The maximum Gasteiger partial charge on any atom is 0.305 e. The van der Waals surface area contributed by atoms with Gasteiger partial charge < -0.3 is 10.4 Å². The Morgan fingerprint density at radius 3 is 2.71 bits per heavy atom. The molecule has 1 amide bonds. The fourth-order valence-corrected chi connectivity index (χ4v) is 1.63. The van der Waals surface area contributed by atoms with Crippen molar-refractivity contribution in [3.8, 4) is 0 Å². The molecule has 0 saturated heterocycles. The fourth-order valence-electron chi connectivity index (χ4n) is 1.30. The molecule has 6 heteroatoms. The summed E-state index contributed by atoms with van der Waals surface area (Å²) in [5.74, 6) is -2.25. The van der Waals surface area contributed by atoms with Crippen LogP contribution in [0.15, 0.2) is 16.6 Å². The molecule has 0 heterocycles. The van der Waals surface area contributed by atoms with Gasteiger partial charge in [-0.3, -0.25) is 9.59 Å². The molecule has 0 bridgehead atoms. The first-order valence-corrected chi connectivity index (χ1v) is 5.67. The first-order chi connectivity index (χ1) is 7.93. The molecule has 4 nitrogen and oxygen atoms in total. The maximum atomic E-state index is 13.5. The molecule has 1 rings (SSSR count). The number of rotatable bonds is 4. The third-order valence-electron chi connectivity index (χ3n) is 2.20. The van der Waals surface area contributed by atoms with E-state index in [9.17, 15) is 14.0 Å². The van der Waals surface area contributed by atoms with Crippen molar-refractivity contribution in [2.24, 2.45) is 0 Å². The van der Waals surface area contributed by atoms with Crippen LogP contribution in [0, 0.1) is 12.7 Å². The summed E-state index contributed by atoms with van der Waals surface area (Å²) in [5, 5.41) is 10.8. The molecule has 0 aromatic heterocycles. The van der Waals surface area contributed by atoms with E-state index in [2.05, 4.69) is 21.2 Å². The van der Waals surface area contributed by atoms with E-state index < -0.39 is 17.7 Å². The van der Waals surface area contributed by atoms with Crippen molar-refractivity contribution < 1.29 is 19.1 Å². The van der Waals surface area contributed by atoms with Crippen LogP contribution in [0.5, 0.6) is 0 Å². The van der Waals surface area contributed by atoms with Crippen LogP contribution in [-0.4, -0.2) is 23.5 Å². The first-order valence-electron chi connectivity index (χ1n) is 4.88. The Hall–Kier alpha value is -1.43. The highest BCUT2D eigenvalue weighted by atomic mass is 79.9. The van der Waals surface area contributed by atoms with Gasteiger partial charge in [-0.2, -0.15) is 0 Å². The van der Waals surface area contributed by atoms with E-state index in [1.165, 1.54) is 12.1 Å². The van der Waals surface area contributed by atoms with Crippen molar-refractivity contribution in [3.63, 3.8) is 0 Å². The molecule has 92 valence electrons. The molecule has 0 aliphatic heterocycles. The summed E-state index contributed by atoms with van der Waals surface area (Å²) < 4.78 is 14.1. The monoisotopic (exact) mass is 303 g/mol. The Morgan fingerprint density at radius 1 is 1.47 bits per heavy atom. The largest absolute Gasteiger partial charge is 0.481 e. The number of halogens is 2. The molecule has 0 aliphatic carbocycles. The number of amides is 1. The van der Waals surface area contributed by atoms with Gasteiger partial charge in [0.05, 0.1) is 12.0 Å². The lowest BCUT2D eigenvalue weighted by molar-refractivity contribution is -0.136. The van der Waals surface area contributed by atoms with Crippen molar-refractivity contribution in [2.45, 2.75) is 13.3 Å². The molecule has 1 aromatic rings. The second-order valence-corrected chi connectivity index (χ2v) is 4.28. The predicted molar refractivity (Wildman–Crippen MR) is 63.4 cm³/mol. The van der Waals surface area contributed by atoms with Crippen LogP contribution in [-0.2, 0) is 4.79 Å². The zero-order valence-corrected chi connectivity index (χ0v) is 10.7. The normalized spacial score (nSPS) is 10.1. The van der Waals surface area contributed by atoms with Gasteiger partial charge in [-0.25, -0.2) is 4.39 Å². The number of nitrogens with one attached hydrogen (secondary N) is 1. The van der Waals surface area contributed by atoms with E-state index in [-0.39, 0.29) is 18.5 Å². The summed E-state index contributed by atoms with van der Waals surface area (Å²) in [6, 6.07) is 2.70. The highest BCUT2D eigenvalue weighted by molar-refractivity contribution is 9.10.